The summed E-state index contributed by atoms with van der Waals surface area (Å²) in [6, 6.07) is 7.12. The first-order valence-corrected chi connectivity index (χ1v) is 8.27. The molecule has 10 heteroatoms. The van der Waals surface area contributed by atoms with Gasteiger partial charge in [-0.1, -0.05) is 18.2 Å². The van der Waals surface area contributed by atoms with Gasteiger partial charge < -0.3 is 0 Å². The monoisotopic (exact) mass is 336 g/mol. The average Bonchev–Trinajstić information content (AvgIpc) is 2.65. The van der Waals surface area contributed by atoms with Crippen molar-refractivity contribution in [3.8, 4) is 0 Å². The Labute approximate surface area is 124 Å². The zero-order valence-corrected chi connectivity index (χ0v) is 12.6. The van der Waals surface area contributed by atoms with Gasteiger partial charge in [-0.15, -0.1) is 11.3 Å². The Hall–Kier alpha value is -1.26. The molecule has 0 amide bonds. The molecule has 0 atom stereocenters. The first-order valence-electron chi connectivity index (χ1n) is 5.95. The Kier molecular flexibility index (Phi) is 4.23. The highest BCUT2D eigenvalue weighted by Crippen LogP contribution is 2.31. The molecule has 0 saturated heterocycles. The fraction of sp³-hybridized carbons (Fsp3) is 0.273. The second-order valence-electron chi connectivity index (χ2n) is 4.51. The lowest BCUT2D eigenvalue weighted by Gasteiger charge is -2.21. The van der Waals surface area contributed by atoms with E-state index in [-0.39, 0.29) is 5.00 Å². The van der Waals surface area contributed by atoms with Crippen molar-refractivity contribution in [3.05, 3.63) is 24.3 Å². The molecule has 0 aliphatic rings. The lowest BCUT2D eigenvalue weighted by Crippen LogP contribution is -2.40. The third-order valence-corrected chi connectivity index (χ3v) is 5.34. The van der Waals surface area contributed by atoms with Crippen molar-refractivity contribution in [3.63, 3.8) is 0 Å². The summed E-state index contributed by atoms with van der Waals surface area (Å²) in [5.74, 6) is 0. The lowest BCUT2D eigenvalue weighted by molar-refractivity contribution is -0.131. The molecule has 0 bridgehead atoms. The number of rotatable bonds is 4. The van der Waals surface area contributed by atoms with Gasteiger partial charge in [0.15, 0.2) is 0 Å². The van der Waals surface area contributed by atoms with E-state index in [0.29, 0.717) is 9.77 Å². The zero-order valence-electron chi connectivity index (χ0n) is 11.0. The number of anilines is 1. The molecule has 2 rings (SSSR count). The summed E-state index contributed by atoms with van der Waals surface area (Å²) in [6.45, 7) is -0.726. The minimum absolute atomic E-state index is 0.225. The smallest absolute Gasteiger partial charge is 0.249 e. The quantitative estimate of drug-likeness (QED) is 0.851. The van der Waals surface area contributed by atoms with Crippen molar-refractivity contribution >= 4 is 49.9 Å². The molecule has 0 aliphatic heterocycles. The normalized spacial score (nSPS) is 12.8. The van der Waals surface area contributed by atoms with Gasteiger partial charge in [0.2, 0.25) is 0 Å². The molecule has 1 heterocycles. The van der Waals surface area contributed by atoms with Crippen LogP contribution in [0.5, 0.6) is 0 Å². The molecule has 114 valence electrons. The summed E-state index contributed by atoms with van der Waals surface area (Å²) in [5.41, 5.74) is 0.604. The highest BCUT2D eigenvalue weighted by Gasteiger charge is 2.31. The van der Waals surface area contributed by atoms with E-state index in [1.165, 1.54) is 0 Å². The predicted octanol–water partition coefficient (Wildman–Crippen LogP) is 1.12. The van der Waals surface area contributed by atoms with Gasteiger partial charge in [-0.3, -0.25) is 0 Å². The van der Waals surface area contributed by atoms with Gasteiger partial charge in [-0.05, 0) is 16.9 Å². The Morgan fingerprint density at radius 3 is 2.43 bits per heavy atom. The van der Waals surface area contributed by atoms with Crippen molar-refractivity contribution in [1.82, 2.24) is 0 Å². The standard InChI is InChI=1S/C11H12BF3N2O2S2/c12-9-7-3-1-2-4-8(7)20-10(9)17(21(16,18)19)6-5-11(13,14)15/h1-4H,5-6,12H2,(H2,16,18,19). The maximum atomic E-state index is 12.4. The molecule has 2 N–H and O–H groups in total. The summed E-state index contributed by atoms with van der Waals surface area (Å²) in [7, 11) is -2.60. The van der Waals surface area contributed by atoms with Crippen molar-refractivity contribution in [1.29, 1.82) is 0 Å². The van der Waals surface area contributed by atoms with E-state index < -0.39 is 29.4 Å². The Bertz CT molecular complexity index is 758. The fourth-order valence-electron chi connectivity index (χ4n) is 1.97. The van der Waals surface area contributed by atoms with Gasteiger partial charge >= 0.3 is 6.18 Å². The maximum Gasteiger partial charge on any atom is 0.390 e. The van der Waals surface area contributed by atoms with Gasteiger partial charge in [0.1, 0.15) is 12.8 Å². The largest absolute Gasteiger partial charge is 0.390 e. The van der Waals surface area contributed by atoms with E-state index in [1.54, 1.807) is 32.1 Å². The highest BCUT2D eigenvalue weighted by molar-refractivity contribution is 7.90. The third kappa shape index (κ3) is 3.69. The lowest BCUT2D eigenvalue weighted by atomic mass is 9.94. The number of hydrogen-bond acceptors (Lipinski definition) is 3. The Balaban J connectivity index is 2.47. The number of fused-ring (bicyclic) bond motifs is 1. The topological polar surface area (TPSA) is 63.4 Å². The summed E-state index contributed by atoms with van der Waals surface area (Å²) in [5, 5.41) is 6.10. The minimum Gasteiger partial charge on any atom is -0.249 e. The average molecular weight is 336 g/mol. The number of alkyl halides is 3. The van der Waals surface area contributed by atoms with Crippen LogP contribution in [0.1, 0.15) is 6.42 Å². The molecule has 1 aromatic carbocycles. The van der Waals surface area contributed by atoms with E-state index in [4.69, 9.17) is 5.14 Å². The summed E-state index contributed by atoms with van der Waals surface area (Å²) < 4.78 is 61.8. The molecule has 1 aromatic heterocycles. The number of thiophene rings is 1. The third-order valence-electron chi connectivity index (χ3n) is 2.95. The molecule has 0 radical (unpaired) electrons. The van der Waals surface area contributed by atoms with Crippen LogP contribution in [-0.2, 0) is 10.2 Å². The van der Waals surface area contributed by atoms with E-state index in [1.807, 2.05) is 0 Å². The second-order valence-corrected chi connectivity index (χ2v) is 7.01. The predicted molar refractivity (Wildman–Crippen MR) is 81.1 cm³/mol. The van der Waals surface area contributed by atoms with Crippen LogP contribution < -0.4 is 14.9 Å². The number of hydrogen-bond donors (Lipinski definition) is 1. The van der Waals surface area contributed by atoms with Gasteiger partial charge in [-0.2, -0.15) is 21.6 Å². The summed E-state index contributed by atoms with van der Waals surface area (Å²) in [6.07, 6.45) is -5.70. The Morgan fingerprint density at radius 1 is 1.29 bits per heavy atom. The van der Waals surface area contributed by atoms with Gasteiger partial charge in [0.25, 0.3) is 10.2 Å². The molecule has 4 nitrogen and oxygen atoms in total. The zero-order chi connectivity index (χ0) is 15.8. The first kappa shape index (κ1) is 16.1. The SMILES string of the molecule is Bc1c(N(CCC(F)(F)F)S(N)(=O)=O)sc2ccccc12. The van der Waals surface area contributed by atoms with E-state index in [0.717, 1.165) is 21.4 Å². The van der Waals surface area contributed by atoms with Crippen LogP contribution in [0.15, 0.2) is 24.3 Å². The van der Waals surface area contributed by atoms with Gasteiger partial charge in [0.05, 0.1) is 6.42 Å². The molecule has 0 spiro atoms. The van der Waals surface area contributed by atoms with Crippen molar-refractivity contribution in [2.45, 2.75) is 12.6 Å². The second kappa shape index (κ2) is 5.50. The molecule has 0 saturated carbocycles. The molecule has 0 unspecified atom stereocenters. The van der Waals surface area contributed by atoms with Crippen LogP contribution in [0.3, 0.4) is 0 Å². The number of nitrogens with two attached hydrogens (primary N) is 1. The van der Waals surface area contributed by atoms with Crippen LogP contribution >= 0.6 is 11.3 Å². The summed E-state index contributed by atoms with van der Waals surface area (Å²) in [4.78, 5) is 0. The van der Waals surface area contributed by atoms with Crippen molar-refractivity contribution in [2.24, 2.45) is 5.14 Å². The van der Waals surface area contributed by atoms with Crippen LogP contribution in [0.25, 0.3) is 10.1 Å². The molecular weight excluding hydrogens is 324 g/mol. The fourth-order valence-corrected chi connectivity index (χ4v) is 4.25. The molecule has 0 aliphatic carbocycles. The highest BCUT2D eigenvalue weighted by atomic mass is 32.2. The van der Waals surface area contributed by atoms with E-state index in [9.17, 15) is 21.6 Å². The maximum absolute atomic E-state index is 12.4. The number of nitrogens with zero attached hydrogens (tertiary/aromatic N) is 1. The Morgan fingerprint density at radius 2 is 1.90 bits per heavy atom. The number of benzene rings is 1. The first-order chi connectivity index (χ1) is 9.59. The van der Waals surface area contributed by atoms with E-state index in [2.05, 4.69) is 0 Å². The van der Waals surface area contributed by atoms with E-state index >= 15 is 0 Å². The molecular formula is C11H12BF3N2O2S2. The van der Waals surface area contributed by atoms with Crippen LogP contribution in [0.4, 0.5) is 18.2 Å². The van der Waals surface area contributed by atoms with Gasteiger partial charge in [-0.25, -0.2) is 9.44 Å². The van der Waals surface area contributed by atoms with Gasteiger partial charge in [0, 0.05) is 11.2 Å². The molecule has 21 heavy (non-hydrogen) atoms. The van der Waals surface area contributed by atoms with Crippen LogP contribution in [-0.4, -0.2) is 29.0 Å². The number of halogens is 3. The minimum atomic E-state index is -4.45. The molecule has 2 aromatic rings. The van der Waals surface area contributed by atoms with Crippen molar-refractivity contribution in [2.75, 3.05) is 10.8 Å². The van der Waals surface area contributed by atoms with Crippen molar-refractivity contribution < 1.29 is 21.6 Å². The summed E-state index contributed by atoms with van der Waals surface area (Å²) >= 11 is 1.11. The van der Waals surface area contributed by atoms with Crippen LogP contribution in [0, 0.1) is 0 Å². The van der Waals surface area contributed by atoms with Crippen LogP contribution in [0.2, 0.25) is 0 Å². The molecule has 0 fully saturated rings.